The molecular weight excluding hydrogens is 268 g/mol. The molecule has 1 saturated heterocycles. The highest BCUT2D eigenvalue weighted by Crippen LogP contribution is 2.25. The van der Waals surface area contributed by atoms with E-state index < -0.39 is 21.3 Å². The first-order chi connectivity index (χ1) is 9.00. The summed E-state index contributed by atoms with van der Waals surface area (Å²) in [5.74, 6) is -0.0756. The van der Waals surface area contributed by atoms with Gasteiger partial charge in [-0.15, -0.1) is 0 Å². The van der Waals surface area contributed by atoms with Crippen LogP contribution >= 0.6 is 0 Å². The van der Waals surface area contributed by atoms with Crippen molar-refractivity contribution in [2.45, 2.75) is 31.6 Å². The van der Waals surface area contributed by atoms with Crippen LogP contribution in [0.15, 0.2) is 12.3 Å². The zero-order valence-electron chi connectivity index (χ0n) is 10.5. The van der Waals surface area contributed by atoms with Crippen LogP contribution in [-0.4, -0.2) is 36.2 Å². The average Bonchev–Trinajstić information content (AvgIpc) is 2.38. The average molecular weight is 283 g/mol. The summed E-state index contributed by atoms with van der Waals surface area (Å²) in [5.41, 5.74) is 0. The van der Waals surface area contributed by atoms with Crippen molar-refractivity contribution in [3.63, 3.8) is 0 Å². The normalized spacial score (nSPS) is 20.1. The highest BCUT2D eigenvalue weighted by atomic mass is 32.2. The highest BCUT2D eigenvalue weighted by molar-refractivity contribution is 7.90. The molecule has 1 radical (unpaired) electrons. The minimum atomic E-state index is -3.73. The Hall–Kier alpha value is -1.70. The monoisotopic (exact) mass is 283 g/mol. The van der Waals surface area contributed by atoms with Crippen molar-refractivity contribution in [1.82, 2.24) is 14.7 Å². The number of nitrogens with zero attached hydrogens (tertiary/aromatic N) is 3. The molecule has 0 spiro atoms. The molecule has 1 fully saturated rings. The molecule has 1 aliphatic rings. The van der Waals surface area contributed by atoms with Crippen LogP contribution in [0, 0.1) is 6.33 Å². The molecule has 7 nitrogen and oxygen atoms in total. The zero-order valence-corrected chi connectivity index (χ0v) is 11.4. The Balaban J connectivity index is 2.29. The molecule has 2 rings (SSSR count). The summed E-state index contributed by atoms with van der Waals surface area (Å²) in [5, 5.41) is -0.784. The van der Waals surface area contributed by atoms with Gasteiger partial charge in [-0.05, 0) is 25.3 Å². The number of hydrogen-bond donors (Lipinski definition) is 1. The summed E-state index contributed by atoms with van der Waals surface area (Å²) in [4.78, 5) is 20.3. The van der Waals surface area contributed by atoms with Crippen LogP contribution in [-0.2, 0) is 14.8 Å². The van der Waals surface area contributed by atoms with Gasteiger partial charge in [0.05, 0.1) is 0 Å². The summed E-state index contributed by atoms with van der Waals surface area (Å²) in [6.45, 7) is 1.76. The molecule has 2 heterocycles. The quantitative estimate of drug-likeness (QED) is 0.843. The van der Waals surface area contributed by atoms with Gasteiger partial charge in [-0.3, -0.25) is 9.52 Å². The second kappa shape index (κ2) is 5.52. The maximum absolute atomic E-state index is 12.2. The van der Waals surface area contributed by atoms with Crippen LogP contribution in [0.5, 0.6) is 0 Å². The molecule has 1 amide bonds. The fraction of sp³-hybridized carbons (Fsp3) is 0.545. The number of piperidine rings is 1. The third kappa shape index (κ3) is 3.19. The molecule has 1 aliphatic heterocycles. The molecule has 1 atom stereocenters. The Morgan fingerprint density at radius 1 is 1.53 bits per heavy atom. The Morgan fingerprint density at radius 3 is 2.95 bits per heavy atom. The van der Waals surface area contributed by atoms with Gasteiger partial charge in [-0.25, -0.2) is 18.4 Å². The lowest BCUT2D eigenvalue weighted by molar-refractivity contribution is -0.117. The van der Waals surface area contributed by atoms with Crippen LogP contribution in [0.1, 0.15) is 26.2 Å². The van der Waals surface area contributed by atoms with E-state index in [2.05, 4.69) is 16.3 Å². The number of sulfonamides is 1. The smallest absolute Gasteiger partial charge is 0.256 e. The van der Waals surface area contributed by atoms with Crippen molar-refractivity contribution in [3.8, 4) is 0 Å². The molecular formula is C11H15N4O3S. The van der Waals surface area contributed by atoms with Crippen LogP contribution in [0.4, 0.5) is 5.82 Å². The van der Waals surface area contributed by atoms with Crippen LogP contribution in [0.25, 0.3) is 0 Å². The van der Waals surface area contributed by atoms with Crippen LogP contribution < -0.4 is 9.62 Å². The number of carbonyl (C=O) groups excluding carboxylic acids is 1. The first-order valence-electron chi connectivity index (χ1n) is 5.98. The second-order valence-corrected chi connectivity index (χ2v) is 6.20. The summed E-state index contributed by atoms with van der Waals surface area (Å²) < 4.78 is 26.3. The van der Waals surface area contributed by atoms with E-state index in [1.807, 2.05) is 4.72 Å². The molecule has 0 saturated carbocycles. The van der Waals surface area contributed by atoms with Gasteiger partial charge < -0.3 is 4.90 Å². The third-order valence-corrected chi connectivity index (χ3v) is 4.69. The molecule has 0 bridgehead atoms. The molecule has 0 aromatic carbocycles. The molecule has 19 heavy (non-hydrogen) atoms. The van der Waals surface area contributed by atoms with Gasteiger partial charge in [0.15, 0.2) is 11.7 Å². The summed E-state index contributed by atoms with van der Waals surface area (Å²) >= 11 is 0. The topological polar surface area (TPSA) is 92.3 Å². The molecule has 8 heteroatoms. The maximum atomic E-state index is 12.2. The van der Waals surface area contributed by atoms with Crippen molar-refractivity contribution in [2.24, 2.45) is 0 Å². The Morgan fingerprint density at radius 2 is 2.32 bits per heavy atom. The van der Waals surface area contributed by atoms with Gasteiger partial charge in [0.2, 0.25) is 5.91 Å². The largest absolute Gasteiger partial charge is 0.338 e. The van der Waals surface area contributed by atoms with Crippen molar-refractivity contribution < 1.29 is 13.2 Å². The predicted octanol–water partition coefficient (Wildman–Crippen LogP) is 0.0591. The number of rotatable bonds is 3. The Labute approximate surface area is 112 Å². The van der Waals surface area contributed by atoms with E-state index in [0.29, 0.717) is 18.8 Å². The van der Waals surface area contributed by atoms with Gasteiger partial charge in [0.25, 0.3) is 10.0 Å². The van der Waals surface area contributed by atoms with E-state index in [9.17, 15) is 13.2 Å². The fourth-order valence-electron chi connectivity index (χ4n) is 2.17. The van der Waals surface area contributed by atoms with Gasteiger partial charge in [-0.1, -0.05) is 0 Å². The number of anilines is 1. The van der Waals surface area contributed by atoms with Gasteiger partial charge >= 0.3 is 0 Å². The van der Waals surface area contributed by atoms with Crippen molar-refractivity contribution in [2.75, 3.05) is 11.4 Å². The third-order valence-electron chi connectivity index (χ3n) is 2.91. The number of amides is 1. The number of aromatic nitrogens is 2. The fourth-order valence-corrected chi connectivity index (χ4v) is 3.73. The first kappa shape index (κ1) is 13.7. The van der Waals surface area contributed by atoms with E-state index in [0.717, 1.165) is 12.8 Å². The molecule has 1 aromatic heterocycles. The number of carbonyl (C=O) groups is 1. The Bertz CT molecular complexity index is 546. The highest BCUT2D eigenvalue weighted by Gasteiger charge is 2.35. The molecule has 1 N–H and O–H groups in total. The first-order valence-corrected chi connectivity index (χ1v) is 7.53. The lowest BCUT2D eigenvalue weighted by Crippen LogP contribution is -2.50. The van der Waals surface area contributed by atoms with Crippen molar-refractivity contribution in [3.05, 3.63) is 18.6 Å². The van der Waals surface area contributed by atoms with E-state index in [1.165, 1.54) is 13.1 Å². The minimum absolute atomic E-state index is 0.465. The summed E-state index contributed by atoms with van der Waals surface area (Å²) in [7, 11) is -3.73. The minimum Gasteiger partial charge on any atom is -0.338 e. The van der Waals surface area contributed by atoms with Crippen molar-refractivity contribution >= 4 is 21.7 Å². The number of hydrogen-bond acceptors (Lipinski definition) is 6. The summed E-state index contributed by atoms with van der Waals surface area (Å²) in [6, 6.07) is 1.64. The SMILES string of the molecule is CC(=O)NS(=O)(=O)C1CCCCN1c1ccn[c]n1. The van der Waals surface area contributed by atoms with E-state index in [4.69, 9.17) is 0 Å². The number of nitrogens with one attached hydrogen (secondary N) is 1. The van der Waals surface area contributed by atoms with Crippen LogP contribution in [0.2, 0.25) is 0 Å². The standard InChI is InChI=1S/C11H15N4O3S/c1-9(16)14-19(17,18)11-4-2-3-7-15(11)10-5-6-12-8-13-10/h5-6,11H,2-4,7H2,1H3,(H,14,16). The van der Waals surface area contributed by atoms with Crippen molar-refractivity contribution in [1.29, 1.82) is 0 Å². The van der Waals surface area contributed by atoms with Gasteiger partial charge in [0, 0.05) is 19.7 Å². The van der Waals surface area contributed by atoms with Crippen LogP contribution in [0.3, 0.4) is 0 Å². The lowest BCUT2D eigenvalue weighted by Gasteiger charge is -2.35. The molecule has 1 unspecified atom stereocenters. The Kier molecular flexibility index (Phi) is 3.98. The van der Waals surface area contributed by atoms with Gasteiger partial charge in [-0.2, -0.15) is 0 Å². The van der Waals surface area contributed by atoms with E-state index >= 15 is 0 Å². The molecule has 103 valence electrons. The summed E-state index contributed by atoms with van der Waals surface area (Å²) in [6.07, 6.45) is 6.11. The van der Waals surface area contributed by atoms with E-state index in [-0.39, 0.29) is 0 Å². The predicted molar refractivity (Wildman–Crippen MR) is 68.6 cm³/mol. The molecule has 0 aliphatic carbocycles. The molecule has 1 aromatic rings. The van der Waals surface area contributed by atoms with Gasteiger partial charge in [0.1, 0.15) is 5.82 Å². The zero-order chi connectivity index (χ0) is 13.9. The maximum Gasteiger partial charge on any atom is 0.256 e. The second-order valence-electron chi connectivity index (χ2n) is 4.36. The lowest BCUT2D eigenvalue weighted by atomic mass is 10.1. The van der Waals surface area contributed by atoms with E-state index in [1.54, 1.807) is 11.0 Å².